The van der Waals surface area contributed by atoms with E-state index >= 15 is 0 Å². The zero-order valence-electron chi connectivity index (χ0n) is 17.0. The fourth-order valence-corrected chi connectivity index (χ4v) is 3.39. The first kappa shape index (κ1) is 22.9. The topological polar surface area (TPSA) is 83.1 Å². The van der Waals surface area contributed by atoms with E-state index in [1.54, 1.807) is 38.1 Å². The Morgan fingerprint density at radius 3 is 1.83 bits per heavy atom. The fraction of sp³-hybridized carbons (Fsp3) is 0.429. The lowest BCUT2D eigenvalue weighted by atomic mass is 9.80. The molecule has 1 N–H and O–H groups in total. The molecular weight excluding hydrogens is 398 g/mol. The van der Waals surface area contributed by atoms with Crippen LogP contribution in [0.5, 0.6) is 0 Å². The third-order valence-corrected chi connectivity index (χ3v) is 4.80. The molecule has 1 aliphatic heterocycles. The second-order valence-corrected chi connectivity index (χ2v) is 6.82. The molecule has 0 fully saturated rings. The van der Waals surface area contributed by atoms with Crippen molar-refractivity contribution in [3.05, 3.63) is 57.4 Å². The van der Waals surface area contributed by atoms with E-state index in [9.17, 15) is 9.59 Å². The number of ether oxygens (including phenoxy) is 4. The highest BCUT2D eigenvalue weighted by molar-refractivity contribution is 6.31. The van der Waals surface area contributed by atoms with Gasteiger partial charge in [0.05, 0.1) is 30.3 Å². The first-order valence-corrected chi connectivity index (χ1v) is 9.55. The number of dihydropyridines is 1. The van der Waals surface area contributed by atoms with Crippen LogP contribution in [-0.2, 0) is 28.5 Å². The second kappa shape index (κ2) is 11.0. The first-order valence-electron chi connectivity index (χ1n) is 9.17. The molecule has 7 nitrogen and oxygen atoms in total. The Morgan fingerprint density at radius 2 is 1.38 bits per heavy atom. The summed E-state index contributed by atoms with van der Waals surface area (Å²) in [7, 11) is 3.04. The van der Waals surface area contributed by atoms with E-state index in [4.69, 9.17) is 30.5 Å². The molecule has 0 unspecified atom stereocenters. The summed E-state index contributed by atoms with van der Waals surface area (Å²) in [4.78, 5) is 25.8. The van der Waals surface area contributed by atoms with Crippen LogP contribution in [0.25, 0.3) is 0 Å². The van der Waals surface area contributed by atoms with Crippen molar-refractivity contribution < 1.29 is 28.5 Å². The number of esters is 2. The van der Waals surface area contributed by atoms with E-state index < -0.39 is 17.9 Å². The van der Waals surface area contributed by atoms with Crippen LogP contribution < -0.4 is 5.32 Å². The van der Waals surface area contributed by atoms with Crippen molar-refractivity contribution in [2.45, 2.75) is 19.8 Å². The number of rotatable bonds is 9. The van der Waals surface area contributed by atoms with Gasteiger partial charge in [-0.3, -0.25) is 0 Å². The van der Waals surface area contributed by atoms with Gasteiger partial charge in [-0.05, 0) is 25.5 Å². The number of hydrogen-bond acceptors (Lipinski definition) is 7. The van der Waals surface area contributed by atoms with Crippen LogP contribution in [0, 0.1) is 0 Å². The molecule has 0 atom stereocenters. The Bertz CT molecular complexity index is 773. The zero-order chi connectivity index (χ0) is 21.4. The first-order chi connectivity index (χ1) is 13.9. The van der Waals surface area contributed by atoms with Crippen LogP contribution >= 0.6 is 11.6 Å². The molecule has 0 radical (unpaired) electrons. The Balaban J connectivity index is 2.49. The second-order valence-electron chi connectivity index (χ2n) is 6.41. The minimum atomic E-state index is -0.727. The summed E-state index contributed by atoms with van der Waals surface area (Å²) in [6.07, 6.45) is 0. The van der Waals surface area contributed by atoms with E-state index in [0.29, 0.717) is 33.1 Å². The number of halogens is 1. The molecule has 0 aromatic heterocycles. The third kappa shape index (κ3) is 5.59. The molecule has 1 aliphatic rings. The van der Waals surface area contributed by atoms with Crippen molar-refractivity contribution in [3.8, 4) is 0 Å². The molecule has 158 valence electrons. The lowest BCUT2D eigenvalue weighted by molar-refractivity contribution is -0.141. The number of benzene rings is 1. The van der Waals surface area contributed by atoms with Gasteiger partial charge >= 0.3 is 11.9 Å². The van der Waals surface area contributed by atoms with Crippen LogP contribution in [0.15, 0.2) is 46.8 Å². The van der Waals surface area contributed by atoms with Crippen LogP contribution in [0.4, 0.5) is 0 Å². The largest absolute Gasteiger partial charge is 0.460 e. The van der Waals surface area contributed by atoms with Gasteiger partial charge in [-0.15, -0.1) is 0 Å². The normalized spacial score (nSPS) is 14.7. The van der Waals surface area contributed by atoms with Gasteiger partial charge in [0.15, 0.2) is 0 Å². The molecular formula is C21H26ClNO6. The Kier molecular flexibility index (Phi) is 8.70. The van der Waals surface area contributed by atoms with Gasteiger partial charge in [-0.25, -0.2) is 9.59 Å². The quantitative estimate of drug-likeness (QED) is 0.483. The molecule has 0 spiro atoms. The van der Waals surface area contributed by atoms with E-state index in [1.807, 2.05) is 0 Å². The van der Waals surface area contributed by atoms with Crippen molar-refractivity contribution in [2.24, 2.45) is 0 Å². The van der Waals surface area contributed by atoms with Crippen molar-refractivity contribution in [1.29, 1.82) is 0 Å². The molecule has 0 saturated heterocycles. The molecule has 29 heavy (non-hydrogen) atoms. The third-order valence-electron chi connectivity index (χ3n) is 4.46. The maximum absolute atomic E-state index is 12.9. The SMILES string of the molecule is COCCOC(=O)C1=C(C)NC(C)=C(C(=O)OCCOC)C1c1ccccc1Cl. The maximum Gasteiger partial charge on any atom is 0.336 e. The summed E-state index contributed by atoms with van der Waals surface area (Å²) in [6, 6.07) is 7.08. The van der Waals surface area contributed by atoms with Crippen molar-refractivity contribution in [1.82, 2.24) is 5.32 Å². The molecule has 0 aliphatic carbocycles. The monoisotopic (exact) mass is 423 g/mol. The number of hydrogen-bond donors (Lipinski definition) is 1. The lowest BCUT2D eigenvalue weighted by Crippen LogP contribution is -2.33. The smallest absolute Gasteiger partial charge is 0.336 e. The van der Waals surface area contributed by atoms with Crippen molar-refractivity contribution >= 4 is 23.5 Å². The molecule has 0 amide bonds. The predicted octanol–water partition coefficient (Wildman–Crippen LogP) is 2.95. The zero-order valence-corrected chi connectivity index (χ0v) is 17.8. The van der Waals surface area contributed by atoms with Gasteiger partial charge in [0, 0.05) is 30.6 Å². The van der Waals surface area contributed by atoms with Gasteiger partial charge in [0.1, 0.15) is 13.2 Å². The standard InChI is InChI=1S/C21H26ClNO6/c1-13-17(20(24)28-11-9-26-3)19(15-7-5-6-8-16(15)22)18(14(2)23-13)21(25)29-12-10-27-4/h5-8,19,23H,9-12H2,1-4H3. The van der Waals surface area contributed by atoms with Crippen molar-refractivity contribution in [3.63, 3.8) is 0 Å². The van der Waals surface area contributed by atoms with Gasteiger partial charge in [-0.2, -0.15) is 0 Å². The Labute approximate surface area is 175 Å². The molecule has 2 rings (SSSR count). The van der Waals surface area contributed by atoms with Gasteiger partial charge < -0.3 is 24.3 Å². The summed E-state index contributed by atoms with van der Waals surface area (Å²) in [5.41, 5.74) is 2.40. The maximum atomic E-state index is 12.9. The van der Waals surface area contributed by atoms with E-state index in [2.05, 4.69) is 5.32 Å². The number of carbonyl (C=O) groups is 2. The van der Waals surface area contributed by atoms with Crippen molar-refractivity contribution in [2.75, 3.05) is 40.6 Å². The summed E-state index contributed by atoms with van der Waals surface area (Å²) in [6.45, 7) is 4.24. The molecule has 0 bridgehead atoms. The predicted molar refractivity (Wildman–Crippen MR) is 108 cm³/mol. The number of methoxy groups -OCH3 is 2. The molecule has 1 heterocycles. The van der Waals surface area contributed by atoms with Gasteiger partial charge in [0.25, 0.3) is 0 Å². The lowest BCUT2D eigenvalue weighted by Gasteiger charge is -2.31. The summed E-state index contributed by atoms with van der Waals surface area (Å²) < 4.78 is 20.6. The highest BCUT2D eigenvalue weighted by atomic mass is 35.5. The molecule has 1 aromatic rings. The Hall–Kier alpha value is -2.35. The van der Waals surface area contributed by atoms with Crippen LogP contribution in [0.3, 0.4) is 0 Å². The van der Waals surface area contributed by atoms with Gasteiger partial charge in [0.2, 0.25) is 0 Å². The van der Waals surface area contributed by atoms with Gasteiger partial charge in [-0.1, -0.05) is 29.8 Å². The average molecular weight is 424 g/mol. The molecule has 8 heteroatoms. The number of allylic oxidation sites excluding steroid dienone is 2. The molecule has 0 saturated carbocycles. The van der Waals surface area contributed by atoms with E-state index in [-0.39, 0.29) is 26.4 Å². The minimum absolute atomic E-state index is 0.0949. The average Bonchev–Trinajstić information content (AvgIpc) is 2.68. The summed E-state index contributed by atoms with van der Waals surface area (Å²) in [5.74, 6) is -1.83. The van der Waals surface area contributed by atoms with Crippen LogP contribution in [-0.4, -0.2) is 52.6 Å². The van der Waals surface area contributed by atoms with E-state index in [1.165, 1.54) is 14.2 Å². The number of nitrogens with one attached hydrogen (secondary N) is 1. The van der Waals surface area contributed by atoms with Crippen LogP contribution in [0.1, 0.15) is 25.3 Å². The fourth-order valence-electron chi connectivity index (χ4n) is 3.15. The molecule has 1 aromatic carbocycles. The summed E-state index contributed by atoms with van der Waals surface area (Å²) >= 11 is 6.44. The highest BCUT2D eigenvalue weighted by Gasteiger charge is 2.38. The summed E-state index contributed by atoms with van der Waals surface area (Å²) in [5, 5.41) is 3.53. The van der Waals surface area contributed by atoms with Crippen LogP contribution in [0.2, 0.25) is 5.02 Å². The van der Waals surface area contributed by atoms with E-state index in [0.717, 1.165) is 0 Å². The number of carbonyl (C=O) groups excluding carboxylic acids is 2. The minimum Gasteiger partial charge on any atom is -0.460 e. The highest BCUT2D eigenvalue weighted by Crippen LogP contribution is 2.41. The Morgan fingerprint density at radius 1 is 0.897 bits per heavy atom.